The molecule has 0 radical (unpaired) electrons. The maximum Gasteiger partial charge on any atom is 0.0662 e. The first kappa shape index (κ1) is 10.4. The Hall–Kier alpha value is -0.120. The number of likely N-dealkylation sites (tertiary alicyclic amines) is 1. The average molecular weight is 198 g/mol. The molecule has 3 nitrogen and oxygen atoms in total. The molecule has 82 valence electrons. The van der Waals surface area contributed by atoms with Gasteiger partial charge in [0.25, 0.3) is 0 Å². The van der Waals surface area contributed by atoms with Crippen LogP contribution in [0.15, 0.2) is 0 Å². The van der Waals surface area contributed by atoms with Crippen LogP contribution in [0.3, 0.4) is 0 Å². The normalized spacial score (nSPS) is 33.2. The van der Waals surface area contributed by atoms with Crippen molar-refractivity contribution in [3.8, 4) is 0 Å². The zero-order valence-corrected chi connectivity index (χ0v) is 9.24. The van der Waals surface area contributed by atoms with E-state index in [-0.39, 0.29) is 12.1 Å². The third-order valence-electron chi connectivity index (χ3n) is 3.51. The Kier molecular flexibility index (Phi) is 3.10. The molecule has 1 aliphatic carbocycles. The lowest BCUT2D eigenvalue weighted by molar-refractivity contribution is 0.145. The third kappa shape index (κ3) is 2.47. The third-order valence-corrected chi connectivity index (χ3v) is 3.51. The van der Waals surface area contributed by atoms with Crippen LogP contribution in [0.4, 0.5) is 0 Å². The van der Waals surface area contributed by atoms with Crippen molar-refractivity contribution < 1.29 is 5.11 Å². The second kappa shape index (κ2) is 4.17. The van der Waals surface area contributed by atoms with Crippen LogP contribution in [0.1, 0.15) is 33.1 Å². The second-order valence-electron chi connectivity index (χ2n) is 4.91. The number of hydrogen-bond donors (Lipinski definition) is 2. The van der Waals surface area contributed by atoms with Crippen LogP contribution in [-0.2, 0) is 0 Å². The van der Waals surface area contributed by atoms with Crippen LogP contribution < -0.4 is 5.32 Å². The first-order valence-corrected chi connectivity index (χ1v) is 5.85. The fourth-order valence-electron chi connectivity index (χ4n) is 2.21. The Bertz CT molecular complexity index is 192. The van der Waals surface area contributed by atoms with Crippen LogP contribution in [-0.4, -0.2) is 47.3 Å². The zero-order chi connectivity index (χ0) is 10.1. The summed E-state index contributed by atoms with van der Waals surface area (Å²) in [6.45, 7) is 6.34. The number of aliphatic hydroxyl groups is 1. The molecule has 2 aliphatic rings. The predicted molar refractivity (Wildman–Crippen MR) is 57.3 cm³/mol. The van der Waals surface area contributed by atoms with Crippen molar-refractivity contribution in [3.63, 3.8) is 0 Å². The highest BCUT2D eigenvalue weighted by Gasteiger charge is 2.34. The molecular formula is C11H22N2O. The number of aliphatic hydroxyl groups excluding tert-OH is 1. The molecule has 0 aromatic rings. The summed E-state index contributed by atoms with van der Waals surface area (Å²) < 4.78 is 0. The second-order valence-corrected chi connectivity index (χ2v) is 4.91. The lowest BCUT2D eigenvalue weighted by atomic mass is 10.1. The molecule has 1 saturated carbocycles. The van der Waals surface area contributed by atoms with Gasteiger partial charge in [-0.2, -0.15) is 0 Å². The van der Waals surface area contributed by atoms with Gasteiger partial charge in [-0.15, -0.1) is 0 Å². The zero-order valence-electron chi connectivity index (χ0n) is 9.24. The first-order chi connectivity index (χ1) is 6.66. The number of hydrogen-bond acceptors (Lipinski definition) is 3. The van der Waals surface area contributed by atoms with E-state index in [4.69, 9.17) is 0 Å². The van der Waals surface area contributed by atoms with E-state index in [1.165, 1.54) is 32.4 Å². The fraction of sp³-hybridized carbons (Fsp3) is 1.00. The molecule has 3 unspecified atom stereocenters. The highest BCUT2D eigenvalue weighted by atomic mass is 16.3. The summed E-state index contributed by atoms with van der Waals surface area (Å²) >= 11 is 0. The Morgan fingerprint density at radius 3 is 2.57 bits per heavy atom. The van der Waals surface area contributed by atoms with Crippen LogP contribution in [0, 0.1) is 0 Å². The lowest BCUT2D eigenvalue weighted by Gasteiger charge is -2.22. The van der Waals surface area contributed by atoms with Crippen LogP contribution in [0.2, 0.25) is 0 Å². The van der Waals surface area contributed by atoms with Gasteiger partial charge in [0.05, 0.1) is 6.10 Å². The smallest absolute Gasteiger partial charge is 0.0662 e. The maximum absolute atomic E-state index is 9.39. The van der Waals surface area contributed by atoms with Crippen molar-refractivity contribution in [1.29, 1.82) is 0 Å². The molecule has 14 heavy (non-hydrogen) atoms. The molecule has 0 aromatic heterocycles. The standard InChI is InChI=1S/C11H22N2O/c1-8(9(2)14)12-10-5-6-13(7-10)11-3-4-11/h8-12,14H,3-7H2,1-2H3. The summed E-state index contributed by atoms with van der Waals surface area (Å²) in [6.07, 6.45) is 3.80. The molecule has 1 aliphatic heterocycles. The molecule has 2 N–H and O–H groups in total. The van der Waals surface area contributed by atoms with Crippen LogP contribution in [0.5, 0.6) is 0 Å². The summed E-state index contributed by atoms with van der Waals surface area (Å²) in [6, 6.07) is 1.71. The van der Waals surface area contributed by atoms with Gasteiger partial charge < -0.3 is 10.4 Å². The van der Waals surface area contributed by atoms with Crippen molar-refractivity contribution in [1.82, 2.24) is 10.2 Å². The highest BCUT2D eigenvalue weighted by molar-refractivity contribution is 4.92. The van der Waals surface area contributed by atoms with Crippen molar-refractivity contribution in [2.45, 2.75) is 57.3 Å². The SMILES string of the molecule is CC(O)C(C)NC1CCN(C2CC2)C1. The summed E-state index contributed by atoms with van der Waals surface area (Å²) in [4.78, 5) is 2.59. The van der Waals surface area contributed by atoms with Crippen molar-refractivity contribution in [3.05, 3.63) is 0 Å². The topological polar surface area (TPSA) is 35.5 Å². The molecule has 1 heterocycles. The Labute approximate surface area is 86.5 Å². The summed E-state index contributed by atoms with van der Waals surface area (Å²) in [5, 5.41) is 12.9. The van der Waals surface area contributed by atoms with Crippen LogP contribution >= 0.6 is 0 Å². The van der Waals surface area contributed by atoms with Gasteiger partial charge in [-0.05, 0) is 33.1 Å². The molecule has 0 amide bonds. The molecular weight excluding hydrogens is 176 g/mol. The molecule has 3 heteroatoms. The number of nitrogens with one attached hydrogen (secondary N) is 1. The number of nitrogens with zero attached hydrogens (tertiary/aromatic N) is 1. The highest BCUT2D eigenvalue weighted by Crippen LogP contribution is 2.29. The van der Waals surface area contributed by atoms with Gasteiger partial charge >= 0.3 is 0 Å². The van der Waals surface area contributed by atoms with Crippen molar-refractivity contribution in [2.75, 3.05) is 13.1 Å². The largest absolute Gasteiger partial charge is 0.392 e. The lowest BCUT2D eigenvalue weighted by Crippen LogP contribution is -2.43. The van der Waals surface area contributed by atoms with Gasteiger partial charge in [-0.25, -0.2) is 0 Å². The van der Waals surface area contributed by atoms with E-state index < -0.39 is 0 Å². The average Bonchev–Trinajstić information content (AvgIpc) is 2.88. The van der Waals surface area contributed by atoms with Gasteiger partial charge in [0.15, 0.2) is 0 Å². The van der Waals surface area contributed by atoms with E-state index in [0.29, 0.717) is 6.04 Å². The summed E-state index contributed by atoms with van der Waals surface area (Å²) in [5.74, 6) is 0. The van der Waals surface area contributed by atoms with Crippen LogP contribution in [0.25, 0.3) is 0 Å². The Morgan fingerprint density at radius 1 is 1.29 bits per heavy atom. The number of rotatable bonds is 4. The Balaban J connectivity index is 1.72. The molecule has 1 saturated heterocycles. The van der Waals surface area contributed by atoms with E-state index in [1.807, 2.05) is 6.92 Å². The maximum atomic E-state index is 9.39. The van der Waals surface area contributed by atoms with Gasteiger partial charge in [-0.3, -0.25) is 4.90 Å². The van der Waals surface area contributed by atoms with Gasteiger partial charge in [0.1, 0.15) is 0 Å². The molecule has 0 aromatic carbocycles. The molecule has 3 atom stereocenters. The predicted octanol–water partition coefficient (Wildman–Crippen LogP) is 0.582. The van der Waals surface area contributed by atoms with Gasteiger partial charge in [0, 0.05) is 31.2 Å². The Morgan fingerprint density at radius 2 is 2.00 bits per heavy atom. The molecule has 0 bridgehead atoms. The van der Waals surface area contributed by atoms with Gasteiger partial charge in [0.2, 0.25) is 0 Å². The minimum atomic E-state index is -0.245. The monoisotopic (exact) mass is 198 g/mol. The van der Waals surface area contributed by atoms with Crippen molar-refractivity contribution in [2.24, 2.45) is 0 Å². The minimum absolute atomic E-state index is 0.221. The summed E-state index contributed by atoms with van der Waals surface area (Å²) in [5.41, 5.74) is 0. The quantitative estimate of drug-likeness (QED) is 0.694. The molecule has 0 spiro atoms. The van der Waals surface area contributed by atoms with E-state index >= 15 is 0 Å². The van der Waals surface area contributed by atoms with E-state index in [2.05, 4.69) is 17.1 Å². The molecule has 2 fully saturated rings. The van der Waals surface area contributed by atoms with Gasteiger partial charge in [-0.1, -0.05) is 0 Å². The first-order valence-electron chi connectivity index (χ1n) is 5.85. The van der Waals surface area contributed by atoms with E-state index in [9.17, 15) is 5.11 Å². The minimum Gasteiger partial charge on any atom is -0.392 e. The fourth-order valence-corrected chi connectivity index (χ4v) is 2.21. The summed E-state index contributed by atoms with van der Waals surface area (Å²) in [7, 11) is 0. The van der Waals surface area contributed by atoms with Crippen molar-refractivity contribution >= 4 is 0 Å². The van der Waals surface area contributed by atoms with E-state index in [0.717, 1.165) is 6.04 Å². The molecule has 2 rings (SSSR count). The van der Waals surface area contributed by atoms with E-state index in [1.54, 1.807) is 0 Å².